The topological polar surface area (TPSA) is 21.3 Å². The smallest absolute Gasteiger partial charge is 0.124 e. The maximum atomic E-state index is 6.05. The molecule has 0 bridgehead atoms. The van der Waals surface area contributed by atoms with Crippen molar-refractivity contribution in [3.8, 4) is 5.75 Å². The van der Waals surface area contributed by atoms with Gasteiger partial charge in [0.25, 0.3) is 0 Å². The average molecular weight is 376 g/mol. The largest absolute Gasteiger partial charge is 0.489 e. The number of hydrogen-bond acceptors (Lipinski definition) is 2. The molecule has 0 spiro atoms. The van der Waals surface area contributed by atoms with E-state index in [4.69, 9.17) is 4.74 Å². The van der Waals surface area contributed by atoms with Crippen molar-refractivity contribution in [3.05, 3.63) is 63.6 Å². The van der Waals surface area contributed by atoms with Crippen LogP contribution in [0.4, 0.5) is 0 Å². The number of nitrogens with one attached hydrogen (secondary N) is 1. The summed E-state index contributed by atoms with van der Waals surface area (Å²) in [5.41, 5.74) is 3.66. The molecule has 0 heterocycles. The van der Waals surface area contributed by atoms with Gasteiger partial charge in [-0.2, -0.15) is 0 Å². The molecule has 3 heteroatoms. The zero-order valence-electron chi connectivity index (χ0n) is 14.1. The van der Waals surface area contributed by atoms with Crippen LogP contribution < -0.4 is 10.1 Å². The minimum Gasteiger partial charge on any atom is -0.489 e. The predicted molar refractivity (Wildman–Crippen MR) is 101 cm³/mol. The Morgan fingerprint density at radius 1 is 1.09 bits per heavy atom. The van der Waals surface area contributed by atoms with Crippen molar-refractivity contribution in [2.45, 2.75) is 46.3 Å². The van der Waals surface area contributed by atoms with Gasteiger partial charge in [-0.15, -0.1) is 0 Å². The monoisotopic (exact) mass is 375 g/mol. The van der Waals surface area contributed by atoms with Crippen LogP contribution >= 0.6 is 15.9 Å². The number of benzene rings is 2. The molecule has 0 aromatic heterocycles. The van der Waals surface area contributed by atoms with Crippen LogP contribution in [0.3, 0.4) is 0 Å². The molecule has 0 unspecified atom stereocenters. The molecule has 2 aromatic rings. The molecule has 0 aliphatic heterocycles. The van der Waals surface area contributed by atoms with Crippen molar-refractivity contribution in [2.24, 2.45) is 0 Å². The molecule has 0 fully saturated rings. The fraction of sp³-hybridized carbons (Fsp3) is 0.400. The van der Waals surface area contributed by atoms with Gasteiger partial charge < -0.3 is 10.1 Å². The Balaban J connectivity index is 1.94. The van der Waals surface area contributed by atoms with Crippen molar-refractivity contribution in [3.63, 3.8) is 0 Å². The molecule has 1 N–H and O–H groups in total. The molecule has 23 heavy (non-hydrogen) atoms. The number of aryl methyl sites for hydroxylation is 1. The number of rotatable bonds is 9. The van der Waals surface area contributed by atoms with Gasteiger partial charge in [-0.3, -0.25) is 0 Å². The van der Waals surface area contributed by atoms with Crippen LogP contribution in [0.15, 0.2) is 46.9 Å². The van der Waals surface area contributed by atoms with E-state index in [0.717, 1.165) is 23.3 Å². The van der Waals surface area contributed by atoms with Gasteiger partial charge in [0.2, 0.25) is 0 Å². The van der Waals surface area contributed by atoms with E-state index < -0.39 is 0 Å². The van der Waals surface area contributed by atoms with Gasteiger partial charge in [0.15, 0.2) is 0 Å². The Bertz CT molecular complexity index is 612. The average Bonchev–Trinajstić information content (AvgIpc) is 2.54. The van der Waals surface area contributed by atoms with Crippen LogP contribution in [-0.4, -0.2) is 6.54 Å². The number of ether oxygens (including phenoxy) is 1. The summed E-state index contributed by atoms with van der Waals surface area (Å²) in [7, 11) is 0. The molecule has 0 atom stereocenters. The molecule has 2 nitrogen and oxygen atoms in total. The minimum atomic E-state index is 0.603. The Labute approximate surface area is 148 Å². The highest BCUT2D eigenvalue weighted by molar-refractivity contribution is 9.10. The highest BCUT2D eigenvalue weighted by Crippen LogP contribution is 2.24. The molecule has 0 saturated heterocycles. The van der Waals surface area contributed by atoms with Gasteiger partial charge in [0.1, 0.15) is 12.4 Å². The molecule has 0 saturated carbocycles. The van der Waals surface area contributed by atoms with E-state index in [2.05, 4.69) is 65.4 Å². The van der Waals surface area contributed by atoms with E-state index in [1.807, 2.05) is 12.1 Å². The Hall–Kier alpha value is -1.32. The van der Waals surface area contributed by atoms with Crippen LogP contribution in [0.2, 0.25) is 0 Å². The van der Waals surface area contributed by atoms with Crippen molar-refractivity contribution < 1.29 is 4.74 Å². The molecule has 0 aliphatic carbocycles. The van der Waals surface area contributed by atoms with E-state index >= 15 is 0 Å². The summed E-state index contributed by atoms with van der Waals surface area (Å²) in [6.07, 6.45) is 3.76. The second kappa shape index (κ2) is 9.74. The van der Waals surface area contributed by atoms with Gasteiger partial charge in [-0.25, -0.2) is 0 Å². The lowest BCUT2D eigenvalue weighted by atomic mass is 10.1. The van der Waals surface area contributed by atoms with Gasteiger partial charge in [-0.05, 0) is 43.7 Å². The summed E-state index contributed by atoms with van der Waals surface area (Å²) in [5, 5.41) is 3.51. The van der Waals surface area contributed by atoms with Gasteiger partial charge >= 0.3 is 0 Å². The first kappa shape index (κ1) is 18.0. The summed E-state index contributed by atoms with van der Waals surface area (Å²) in [6, 6.07) is 14.7. The Morgan fingerprint density at radius 3 is 2.74 bits per heavy atom. The van der Waals surface area contributed by atoms with Gasteiger partial charge in [0.05, 0.1) is 0 Å². The van der Waals surface area contributed by atoms with E-state index in [9.17, 15) is 0 Å². The third-order valence-electron chi connectivity index (χ3n) is 3.77. The van der Waals surface area contributed by atoms with Gasteiger partial charge in [-0.1, -0.05) is 65.5 Å². The maximum Gasteiger partial charge on any atom is 0.124 e. The first-order chi connectivity index (χ1) is 11.2. The van der Waals surface area contributed by atoms with Crippen LogP contribution in [0.1, 0.15) is 42.9 Å². The highest BCUT2D eigenvalue weighted by Gasteiger charge is 2.05. The summed E-state index contributed by atoms with van der Waals surface area (Å²) in [5.74, 6) is 0.956. The summed E-state index contributed by atoms with van der Waals surface area (Å²) in [6.45, 7) is 6.83. The second-order valence-electron chi connectivity index (χ2n) is 5.91. The van der Waals surface area contributed by atoms with E-state index in [-0.39, 0.29) is 0 Å². The number of hydrogen-bond donors (Lipinski definition) is 1. The molecule has 2 aromatic carbocycles. The number of halogens is 1. The SMILES string of the molecule is CCCCCNCc1cc(Br)ccc1OCc1cccc(C)c1. The zero-order valence-corrected chi connectivity index (χ0v) is 15.7. The lowest BCUT2D eigenvalue weighted by molar-refractivity contribution is 0.302. The Kier molecular flexibility index (Phi) is 7.63. The van der Waals surface area contributed by atoms with Crippen LogP contribution in [0.5, 0.6) is 5.75 Å². The first-order valence-corrected chi connectivity index (χ1v) is 9.16. The standard InChI is InChI=1S/C20H26BrNO/c1-3-4-5-11-22-14-18-13-19(21)9-10-20(18)23-15-17-8-6-7-16(2)12-17/h6-10,12-13,22H,3-5,11,14-15H2,1-2H3. The molecule has 0 aliphatic rings. The minimum absolute atomic E-state index is 0.603. The fourth-order valence-corrected chi connectivity index (χ4v) is 2.92. The third kappa shape index (κ3) is 6.36. The molecule has 2 rings (SSSR count). The van der Waals surface area contributed by atoms with E-state index in [1.54, 1.807) is 0 Å². The van der Waals surface area contributed by atoms with Crippen LogP contribution in [0.25, 0.3) is 0 Å². The normalized spacial score (nSPS) is 10.7. The summed E-state index contributed by atoms with van der Waals surface area (Å²) >= 11 is 3.55. The molecular formula is C20H26BrNO. The van der Waals surface area contributed by atoms with Crippen molar-refractivity contribution >= 4 is 15.9 Å². The lowest BCUT2D eigenvalue weighted by Gasteiger charge is -2.13. The molecule has 0 radical (unpaired) electrons. The first-order valence-electron chi connectivity index (χ1n) is 8.36. The third-order valence-corrected chi connectivity index (χ3v) is 4.27. The molecule has 0 amide bonds. The van der Waals surface area contributed by atoms with Crippen LogP contribution in [-0.2, 0) is 13.2 Å². The molecule has 124 valence electrons. The van der Waals surface area contributed by atoms with Crippen molar-refractivity contribution in [2.75, 3.05) is 6.54 Å². The predicted octanol–water partition coefficient (Wildman–Crippen LogP) is 5.62. The fourth-order valence-electron chi connectivity index (χ4n) is 2.51. The van der Waals surface area contributed by atoms with Crippen molar-refractivity contribution in [1.82, 2.24) is 5.32 Å². The summed E-state index contributed by atoms with van der Waals surface area (Å²) < 4.78 is 7.14. The zero-order chi connectivity index (χ0) is 16.5. The Morgan fingerprint density at radius 2 is 1.96 bits per heavy atom. The molecular weight excluding hydrogens is 350 g/mol. The quantitative estimate of drug-likeness (QED) is 0.574. The van der Waals surface area contributed by atoms with E-state index in [0.29, 0.717) is 6.61 Å². The maximum absolute atomic E-state index is 6.05. The lowest BCUT2D eigenvalue weighted by Crippen LogP contribution is -2.15. The van der Waals surface area contributed by atoms with Crippen molar-refractivity contribution in [1.29, 1.82) is 0 Å². The van der Waals surface area contributed by atoms with Gasteiger partial charge in [0, 0.05) is 16.6 Å². The van der Waals surface area contributed by atoms with E-state index in [1.165, 1.54) is 36.0 Å². The summed E-state index contributed by atoms with van der Waals surface area (Å²) in [4.78, 5) is 0. The highest BCUT2D eigenvalue weighted by atomic mass is 79.9. The second-order valence-corrected chi connectivity index (χ2v) is 6.83. The van der Waals surface area contributed by atoms with Crippen LogP contribution in [0, 0.1) is 6.92 Å². The number of unbranched alkanes of at least 4 members (excludes halogenated alkanes) is 2.